The molecule has 0 radical (unpaired) electrons. The van der Waals surface area contributed by atoms with Crippen molar-refractivity contribution in [2.75, 3.05) is 0 Å². The molecule has 0 unspecified atom stereocenters. The largest absolute Gasteiger partial charge is 0.425 e. The molecular formula is C22H20BrClN4O3. The van der Waals surface area contributed by atoms with Gasteiger partial charge in [0.05, 0.1) is 6.54 Å². The van der Waals surface area contributed by atoms with Gasteiger partial charge in [0.15, 0.2) is 11.2 Å². The first-order chi connectivity index (χ1) is 14.7. The maximum absolute atomic E-state index is 13.0. The lowest BCUT2D eigenvalue weighted by atomic mass is 10.1. The van der Waals surface area contributed by atoms with E-state index in [-0.39, 0.29) is 11.7 Å². The highest BCUT2D eigenvalue weighted by Crippen LogP contribution is 2.28. The van der Waals surface area contributed by atoms with Gasteiger partial charge in [0.2, 0.25) is 0 Å². The van der Waals surface area contributed by atoms with Crippen molar-refractivity contribution in [1.29, 1.82) is 0 Å². The lowest BCUT2D eigenvalue weighted by molar-refractivity contribution is 0.421. The summed E-state index contributed by atoms with van der Waals surface area (Å²) < 4.78 is 11.2. The summed E-state index contributed by atoms with van der Waals surface area (Å²) in [7, 11) is 3.03. The van der Waals surface area contributed by atoms with E-state index in [1.165, 1.54) is 11.6 Å². The Morgan fingerprint density at radius 2 is 1.74 bits per heavy atom. The normalized spacial score (nSPS) is 11.3. The number of rotatable bonds is 4. The molecule has 0 bridgehead atoms. The molecule has 31 heavy (non-hydrogen) atoms. The van der Waals surface area contributed by atoms with E-state index in [1.807, 2.05) is 26.0 Å². The number of fused-ring (bicyclic) bond motifs is 1. The van der Waals surface area contributed by atoms with Crippen molar-refractivity contribution < 1.29 is 4.74 Å². The Balaban J connectivity index is 1.96. The molecule has 2 aromatic heterocycles. The minimum Gasteiger partial charge on any atom is -0.425 e. The van der Waals surface area contributed by atoms with Gasteiger partial charge < -0.3 is 4.74 Å². The SMILES string of the molecule is Cc1cc(Cn2c(Oc3cccc(Cl)c3)nc3c2c(=O)n(C)c(=O)n3C)cc(C)c1Br. The predicted octanol–water partition coefficient (Wildman–Crippen LogP) is 4.31. The van der Waals surface area contributed by atoms with Crippen LogP contribution in [0, 0.1) is 13.8 Å². The summed E-state index contributed by atoms with van der Waals surface area (Å²) in [6.07, 6.45) is 0. The fourth-order valence-electron chi connectivity index (χ4n) is 3.60. The van der Waals surface area contributed by atoms with E-state index < -0.39 is 11.2 Å². The van der Waals surface area contributed by atoms with E-state index in [0.29, 0.717) is 22.8 Å². The Morgan fingerprint density at radius 3 is 2.39 bits per heavy atom. The number of benzene rings is 2. The van der Waals surface area contributed by atoms with E-state index in [9.17, 15) is 9.59 Å². The van der Waals surface area contributed by atoms with Crippen molar-refractivity contribution in [3.63, 3.8) is 0 Å². The zero-order valence-corrected chi connectivity index (χ0v) is 19.8. The highest BCUT2D eigenvalue weighted by molar-refractivity contribution is 9.10. The van der Waals surface area contributed by atoms with E-state index in [2.05, 4.69) is 20.9 Å². The Bertz CT molecular complexity index is 1430. The topological polar surface area (TPSA) is 71.1 Å². The standard InChI is InChI=1S/C22H20BrClN4O3/c1-12-8-14(9-13(2)17(12)23)11-28-18-19(26(3)22(30)27(4)20(18)29)25-21(28)31-16-7-5-6-15(24)10-16/h5-10H,11H2,1-4H3. The number of nitrogens with zero attached hydrogens (tertiary/aromatic N) is 4. The summed E-state index contributed by atoms with van der Waals surface area (Å²) in [5.74, 6) is 0.481. The molecule has 160 valence electrons. The van der Waals surface area contributed by atoms with E-state index >= 15 is 0 Å². The number of ether oxygens (including phenoxy) is 1. The fraction of sp³-hybridized carbons (Fsp3) is 0.227. The van der Waals surface area contributed by atoms with Crippen LogP contribution >= 0.6 is 27.5 Å². The number of hydrogen-bond donors (Lipinski definition) is 0. The lowest BCUT2D eigenvalue weighted by Gasteiger charge is -2.12. The van der Waals surface area contributed by atoms with Crippen molar-refractivity contribution in [1.82, 2.24) is 18.7 Å². The van der Waals surface area contributed by atoms with Gasteiger partial charge in [-0.15, -0.1) is 0 Å². The second-order valence-electron chi connectivity index (χ2n) is 7.46. The molecule has 9 heteroatoms. The Labute approximate surface area is 191 Å². The minimum atomic E-state index is -0.452. The van der Waals surface area contributed by atoms with Crippen LogP contribution in [0.15, 0.2) is 50.5 Å². The van der Waals surface area contributed by atoms with Crippen molar-refractivity contribution in [2.24, 2.45) is 14.1 Å². The van der Waals surface area contributed by atoms with Gasteiger partial charge in [0, 0.05) is 23.6 Å². The number of aromatic nitrogens is 4. The Morgan fingerprint density at radius 1 is 1.06 bits per heavy atom. The van der Waals surface area contributed by atoms with E-state index in [1.54, 1.807) is 35.9 Å². The van der Waals surface area contributed by atoms with Crippen molar-refractivity contribution in [3.8, 4) is 11.8 Å². The van der Waals surface area contributed by atoms with E-state index in [0.717, 1.165) is 25.7 Å². The molecule has 4 aromatic rings. The molecule has 0 saturated carbocycles. The number of halogens is 2. The second-order valence-corrected chi connectivity index (χ2v) is 8.69. The van der Waals surface area contributed by atoms with Crippen LogP contribution in [0.25, 0.3) is 11.2 Å². The van der Waals surface area contributed by atoms with Crippen LogP contribution in [0.4, 0.5) is 0 Å². The Hall–Kier alpha value is -2.84. The lowest BCUT2D eigenvalue weighted by Crippen LogP contribution is -2.37. The number of aryl methyl sites for hydroxylation is 3. The van der Waals surface area contributed by atoms with Gasteiger partial charge in [-0.2, -0.15) is 4.98 Å². The van der Waals surface area contributed by atoms with Crippen molar-refractivity contribution >= 4 is 38.7 Å². The zero-order chi connectivity index (χ0) is 22.4. The minimum absolute atomic E-state index is 0.203. The molecule has 0 aliphatic heterocycles. The molecule has 0 saturated heterocycles. The maximum Gasteiger partial charge on any atom is 0.332 e. The third kappa shape index (κ3) is 3.81. The molecule has 2 heterocycles. The molecule has 0 amide bonds. The van der Waals surface area contributed by atoms with Crippen molar-refractivity contribution in [2.45, 2.75) is 20.4 Å². The molecule has 0 N–H and O–H groups in total. The number of hydrogen-bond acceptors (Lipinski definition) is 4. The first-order valence-corrected chi connectivity index (χ1v) is 10.7. The van der Waals surface area contributed by atoms with Crippen molar-refractivity contribution in [3.05, 3.63) is 83.4 Å². The van der Waals surface area contributed by atoms with Crippen LogP contribution in [-0.2, 0) is 20.6 Å². The monoisotopic (exact) mass is 502 g/mol. The van der Waals surface area contributed by atoms with Gasteiger partial charge in [0.25, 0.3) is 5.56 Å². The highest BCUT2D eigenvalue weighted by atomic mass is 79.9. The second kappa shape index (κ2) is 8.01. The first kappa shape index (κ1) is 21.4. The third-order valence-electron chi connectivity index (χ3n) is 5.16. The van der Waals surface area contributed by atoms with Crippen LogP contribution in [0.1, 0.15) is 16.7 Å². The molecule has 4 rings (SSSR count). The first-order valence-electron chi connectivity index (χ1n) is 9.52. The van der Waals surface area contributed by atoms with Crippen LogP contribution in [0.3, 0.4) is 0 Å². The zero-order valence-electron chi connectivity index (χ0n) is 17.4. The molecular weight excluding hydrogens is 484 g/mol. The molecule has 0 atom stereocenters. The smallest absolute Gasteiger partial charge is 0.332 e. The fourth-order valence-corrected chi connectivity index (χ4v) is 4.01. The van der Waals surface area contributed by atoms with E-state index in [4.69, 9.17) is 16.3 Å². The van der Waals surface area contributed by atoms with Crippen LogP contribution < -0.4 is 16.0 Å². The summed E-state index contributed by atoms with van der Waals surface area (Å²) >= 11 is 9.68. The quantitative estimate of drug-likeness (QED) is 0.416. The average Bonchev–Trinajstić information content (AvgIpc) is 3.07. The summed E-state index contributed by atoms with van der Waals surface area (Å²) in [5, 5.41) is 0.516. The summed E-state index contributed by atoms with van der Waals surface area (Å²) in [5.41, 5.74) is 2.80. The van der Waals surface area contributed by atoms with Gasteiger partial charge >= 0.3 is 11.7 Å². The average molecular weight is 504 g/mol. The third-order valence-corrected chi connectivity index (χ3v) is 6.64. The van der Waals surface area contributed by atoms with Gasteiger partial charge in [-0.25, -0.2) is 4.79 Å². The highest BCUT2D eigenvalue weighted by Gasteiger charge is 2.21. The van der Waals surface area contributed by atoms with Gasteiger partial charge in [0.1, 0.15) is 5.75 Å². The molecule has 0 fully saturated rings. The van der Waals surface area contributed by atoms with Gasteiger partial charge in [-0.05, 0) is 48.7 Å². The number of imidazole rings is 1. The van der Waals surface area contributed by atoms with Crippen LogP contribution in [0.2, 0.25) is 5.02 Å². The predicted molar refractivity (Wildman–Crippen MR) is 124 cm³/mol. The van der Waals surface area contributed by atoms with Crippen LogP contribution in [0.5, 0.6) is 11.8 Å². The summed E-state index contributed by atoms with van der Waals surface area (Å²) in [6.45, 7) is 4.37. The molecule has 0 aliphatic rings. The molecule has 0 spiro atoms. The molecule has 2 aromatic carbocycles. The summed E-state index contributed by atoms with van der Waals surface area (Å²) in [6, 6.07) is 11.2. The summed E-state index contributed by atoms with van der Waals surface area (Å²) in [4.78, 5) is 29.9. The van der Waals surface area contributed by atoms with Gasteiger partial charge in [-0.3, -0.25) is 18.5 Å². The molecule has 0 aliphatic carbocycles. The Kier molecular flexibility index (Phi) is 5.53. The van der Waals surface area contributed by atoms with Gasteiger partial charge in [-0.1, -0.05) is 45.7 Å². The maximum atomic E-state index is 13.0. The van der Waals surface area contributed by atoms with Crippen LogP contribution in [-0.4, -0.2) is 18.7 Å². The molecule has 7 nitrogen and oxygen atoms in total.